The van der Waals surface area contributed by atoms with Crippen LogP contribution >= 0.6 is 0 Å². The summed E-state index contributed by atoms with van der Waals surface area (Å²) >= 11 is 0. The third-order valence-electron chi connectivity index (χ3n) is 2.34. The van der Waals surface area contributed by atoms with Gasteiger partial charge in [0.1, 0.15) is 0 Å². The van der Waals surface area contributed by atoms with E-state index in [-0.39, 0.29) is 7.43 Å². The van der Waals surface area contributed by atoms with Crippen LogP contribution in [-0.4, -0.2) is 0 Å². The van der Waals surface area contributed by atoms with Crippen LogP contribution in [0.15, 0.2) is 12.7 Å². The fourth-order valence-electron chi connectivity index (χ4n) is 1.40. The normalized spacial score (nSPS) is 12.3. The standard InChI is InChI=1S/C11H22.CH4/c1-5-7-9-11(8-6-2)10(3)4;/h6,10-11H,2,5,7-9H2,1,3-4H3;1H4/t11-;/m0./s1. The predicted molar refractivity (Wildman–Crippen MR) is 59.4 cm³/mol. The number of hydrogen-bond donors (Lipinski definition) is 0. The highest BCUT2D eigenvalue weighted by atomic mass is 14.1. The first-order valence-corrected chi connectivity index (χ1v) is 4.83. The Kier molecular flexibility index (Phi) is 10.5. The highest BCUT2D eigenvalue weighted by molar-refractivity contribution is 4.74. The maximum atomic E-state index is 3.79. The van der Waals surface area contributed by atoms with Crippen molar-refractivity contribution in [3.05, 3.63) is 12.7 Å². The van der Waals surface area contributed by atoms with Crippen LogP contribution in [0.4, 0.5) is 0 Å². The van der Waals surface area contributed by atoms with Gasteiger partial charge in [-0.25, -0.2) is 0 Å². The molecule has 0 aromatic carbocycles. The first-order chi connectivity index (χ1) is 5.22. The van der Waals surface area contributed by atoms with Gasteiger partial charge in [-0.1, -0.05) is 47.1 Å². The van der Waals surface area contributed by atoms with Gasteiger partial charge < -0.3 is 0 Å². The van der Waals surface area contributed by atoms with Crippen molar-refractivity contribution < 1.29 is 0 Å². The predicted octanol–water partition coefficient (Wildman–Crippen LogP) is 4.66. The van der Waals surface area contributed by atoms with Gasteiger partial charge in [0.15, 0.2) is 0 Å². The van der Waals surface area contributed by atoms with E-state index in [0.29, 0.717) is 0 Å². The number of hydrogen-bond acceptors (Lipinski definition) is 0. The zero-order chi connectivity index (χ0) is 8.69. The van der Waals surface area contributed by atoms with Gasteiger partial charge in [-0.2, -0.15) is 0 Å². The monoisotopic (exact) mass is 170 g/mol. The Hall–Kier alpha value is -0.260. The van der Waals surface area contributed by atoms with Crippen molar-refractivity contribution in [3.8, 4) is 0 Å². The molecule has 0 rings (SSSR count). The van der Waals surface area contributed by atoms with Gasteiger partial charge in [-0.3, -0.25) is 0 Å². The van der Waals surface area contributed by atoms with Crippen LogP contribution in [0.2, 0.25) is 0 Å². The molecule has 0 spiro atoms. The lowest BCUT2D eigenvalue weighted by Crippen LogP contribution is -2.07. The summed E-state index contributed by atoms with van der Waals surface area (Å²) in [5.41, 5.74) is 0. The average Bonchev–Trinajstić information content (AvgIpc) is 1.97. The summed E-state index contributed by atoms with van der Waals surface area (Å²) in [5.74, 6) is 1.69. The molecule has 1 atom stereocenters. The van der Waals surface area contributed by atoms with Gasteiger partial charge in [0, 0.05) is 0 Å². The molecule has 12 heavy (non-hydrogen) atoms. The Balaban J connectivity index is 0. The molecule has 0 bridgehead atoms. The molecular formula is C12H26. The molecule has 0 amide bonds. The Labute approximate surface area is 79.1 Å². The minimum atomic E-state index is 0. The van der Waals surface area contributed by atoms with Gasteiger partial charge >= 0.3 is 0 Å². The Bertz CT molecular complexity index is 92.2. The summed E-state index contributed by atoms with van der Waals surface area (Å²) < 4.78 is 0. The van der Waals surface area contributed by atoms with Crippen LogP contribution in [0.25, 0.3) is 0 Å². The first kappa shape index (κ1) is 14.3. The summed E-state index contributed by atoms with van der Waals surface area (Å²) in [7, 11) is 0. The second-order valence-corrected chi connectivity index (χ2v) is 3.67. The molecule has 0 saturated carbocycles. The van der Waals surface area contributed by atoms with Crippen LogP contribution in [0.1, 0.15) is 53.9 Å². The zero-order valence-electron chi connectivity index (χ0n) is 8.27. The summed E-state index contributed by atoms with van der Waals surface area (Å²) in [6.07, 6.45) is 7.31. The van der Waals surface area contributed by atoms with Crippen molar-refractivity contribution in [1.29, 1.82) is 0 Å². The van der Waals surface area contributed by atoms with E-state index in [1.807, 2.05) is 0 Å². The fraction of sp³-hybridized carbons (Fsp3) is 0.833. The fourth-order valence-corrected chi connectivity index (χ4v) is 1.40. The summed E-state index contributed by atoms with van der Waals surface area (Å²) in [6, 6.07) is 0. The summed E-state index contributed by atoms with van der Waals surface area (Å²) in [4.78, 5) is 0. The van der Waals surface area contributed by atoms with E-state index in [2.05, 4.69) is 33.4 Å². The lowest BCUT2D eigenvalue weighted by molar-refractivity contribution is 0.353. The number of rotatable bonds is 6. The van der Waals surface area contributed by atoms with E-state index in [0.717, 1.165) is 11.8 Å². The van der Waals surface area contributed by atoms with Gasteiger partial charge in [0.05, 0.1) is 0 Å². The van der Waals surface area contributed by atoms with E-state index in [1.165, 1.54) is 25.7 Å². The van der Waals surface area contributed by atoms with E-state index in [1.54, 1.807) is 0 Å². The maximum Gasteiger partial charge on any atom is -0.0322 e. The minimum absolute atomic E-state index is 0. The van der Waals surface area contributed by atoms with Gasteiger partial charge in [-0.15, -0.1) is 6.58 Å². The summed E-state index contributed by atoms with van der Waals surface area (Å²) in [6.45, 7) is 10.7. The van der Waals surface area contributed by atoms with E-state index >= 15 is 0 Å². The van der Waals surface area contributed by atoms with Crippen LogP contribution in [-0.2, 0) is 0 Å². The topological polar surface area (TPSA) is 0 Å². The van der Waals surface area contributed by atoms with Crippen molar-refractivity contribution in [1.82, 2.24) is 0 Å². The lowest BCUT2D eigenvalue weighted by atomic mass is 9.88. The van der Waals surface area contributed by atoms with Crippen molar-refractivity contribution in [2.75, 3.05) is 0 Å². The molecule has 0 aliphatic heterocycles. The maximum absolute atomic E-state index is 3.79. The molecule has 0 heteroatoms. The molecular weight excluding hydrogens is 144 g/mol. The Morgan fingerprint density at radius 2 is 1.92 bits per heavy atom. The molecule has 0 aromatic rings. The van der Waals surface area contributed by atoms with E-state index in [9.17, 15) is 0 Å². The molecule has 0 aromatic heterocycles. The lowest BCUT2D eigenvalue weighted by Gasteiger charge is -2.18. The van der Waals surface area contributed by atoms with Crippen molar-refractivity contribution >= 4 is 0 Å². The highest BCUT2D eigenvalue weighted by Crippen LogP contribution is 2.21. The second-order valence-electron chi connectivity index (χ2n) is 3.67. The first-order valence-electron chi connectivity index (χ1n) is 4.83. The average molecular weight is 170 g/mol. The smallest absolute Gasteiger partial charge is 0.0322 e. The highest BCUT2D eigenvalue weighted by Gasteiger charge is 2.09. The van der Waals surface area contributed by atoms with Gasteiger partial charge in [-0.05, 0) is 24.7 Å². The van der Waals surface area contributed by atoms with E-state index in [4.69, 9.17) is 0 Å². The largest absolute Gasteiger partial charge is 0.103 e. The molecule has 0 aliphatic carbocycles. The Morgan fingerprint density at radius 1 is 1.33 bits per heavy atom. The van der Waals surface area contributed by atoms with Crippen LogP contribution in [0, 0.1) is 11.8 Å². The van der Waals surface area contributed by atoms with E-state index < -0.39 is 0 Å². The minimum Gasteiger partial charge on any atom is -0.103 e. The van der Waals surface area contributed by atoms with Gasteiger partial charge in [0.2, 0.25) is 0 Å². The molecule has 0 aliphatic rings. The molecule has 0 fully saturated rings. The molecule has 74 valence electrons. The van der Waals surface area contributed by atoms with Crippen LogP contribution in [0.5, 0.6) is 0 Å². The van der Waals surface area contributed by atoms with Crippen molar-refractivity contribution in [3.63, 3.8) is 0 Å². The Morgan fingerprint density at radius 3 is 2.25 bits per heavy atom. The number of unbranched alkanes of at least 4 members (excludes halogenated alkanes) is 1. The molecule has 0 radical (unpaired) electrons. The molecule has 0 heterocycles. The van der Waals surface area contributed by atoms with Crippen molar-refractivity contribution in [2.24, 2.45) is 11.8 Å². The number of allylic oxidation sites excluding steroid dienone is 1. The molecule has 0 unspecified atom stereocenters. The van der Waals surface area contributed by atoms with Gasteiger partial charge in [0.25, 0.3) is 0 Å². The third kappa shape index (κ3) is 6.45. The zero-order valence-corrected chi connectivity index (χ0v) is 8.27. The van der Waals surface area contributed by atoms with Crippen LogP contribution < -0.4 is 0 Å². The third-order valence-corrected chi connectivity index (χ3v) is 2.34. The molecule has 0 nitrogen and oxygen atoms in total. The summed E-state index contributed by atoms with van der Waals surface area (Å²) in [5, 5.41) is 0. The van der Waals surface area contributed by atoms with Crippen LogP contribution in [0.3, 0.4) is 0 Å². The van der Waals surface area contributed by atoms with Crippen molar-refractivity contribution in [2.45, 2.75) is 53.9 Å². The molecule has 0 saturated heterocycles. The quantitative estimate of drug-likeness (QED) is 0.508. The molecule has 0 N–H and O–H groups in total. The SMILES string of the molecule is C.C=CC[C@@H](CCCC)C(C)C. The second kappa shape index (κ2) is 8.83.